The highest BCUT2D eigenvalue weighted by Gasteiger charge is 2.07. The second-order valence-electron chi connectivity index (χ2n) is 3.07. The molecule has 14 heavy (non-hydrogen) atoms. The Labute approximate surface area is 81.6 Å². The van der Waals surface area contributed by atoms with Crippen molar-refractivity contribution >= 4 is 5.82 Å². The van der Waals surface area contributed by atoms with Crippen molar-refractivity contribution in [3.05, 3.63) is 30.1 Å². The van der Waals surface area contributed by atoms with Gasteiger partial charge in [-0.05, 0) is 13.8 Å². The van der Waals surface area contributed by atoms with Gasteiger partial charge < -0.3 is 5.73 Å². The highest BCUT2D eigenvalue weighted by atomic mass is 15.1. The first-order chi connectivity index (χ1) is 6.68. The molecule has 0 saturated heterocycles. The van der Waals surface area contributed by atoms with E-state index < -0.39 is 0 Å². The summed E-state index contributed by atoms with van der Waals surface area (Å²) in [6, 6.07) is 0. The largest absolute Gasteiger partial charge is 0.383 e. The average molecular weight is 189 g/mol. The summed E-state index contributed by atoms with van der Waals surface area (Å²) in [5, 5.41) is 0. The van der Waals surface area contributed by atoms with E-state index in [-0.39, 0.29) is 0 Å². The van der Waals surface area contributed by atoms with Crippen LogP contribution >= 0.6 is 0 Å². The second kappa shape index (κ2) is 3.10. The fourth-order valence-corrected chi connectivity index (χ4v) is 1.27. The molecule has 0 saturated carbocycles. The number of imidazole rings is 1. The van der Waals surface area contributed by atoms with Gasteiger partial charge in [-0.25, -0.2) is 15.0 Å². The van der Waals surface area contributed by atoms with Gasteiger partial charge in [0.25, 0.3) is 0 Å². The molecule has 0 spiro atoms. The molecular formula is C9H11N5. The normalized spacial score (nSPS) is 10.4. The molecule has 5 heteroatoms. The summed E-state index contributed by atoms with van der Waals surface area (Å²) < 4.78 is 1.82. The van der Waals surface area contributed by atoms with E-state index in [2.05, 4.69) is 15.0 Å². The Balaban J connectivity index is 2.64. The molecule has 2 aromatic heterocycles. The van der Waals surface area contributed by atoms with Gasteiger partial charge in [0.15, 0.2) is 0 Å². The Bertz CT molecular complexity index is 446. The summed E-state index contributed by atoms with van der Waals surface area (Å²) >= 11 is 0. The van der Waals surface area contributed by atoms with Crippen LogP contribution in [0.5, 0.6) is 0 Å². The van der Waals surface area contributed by atoms with Crippen LogP contribution < -0.4 is 5.73 Å². The third-order valence-electron chi connectivity index (χ3n) is 2.02. The lowest BCUT2D eigenvalue weighted by atomic mass is 10.3. The average Bonchev–Trinajstić information content (AvgIpc) is 2.63. The van der Waals surface area contributed by atoms with Crippen LogP contribution in [0.4, 0.5) is 5.82 Å². The van der Waals surface area contributed by atoms with Crippen LogP contribution in [-0.2, 0) is 0 Å². The third kappa shape index (κ3) is 1.32. The van der Waals surface area contributed by atoms with Gasteiger partial charge in [-0.2, -0.15) is 0 Å². The third-order valence-corrected chi connectivity index (χ3v) is 2.02. The highest BCUT2D eigenvalue weighted by molar-refractivity contribution is 5.48. The first-order valence-corrected chi connectivity index (χ1v) is 4.27. The monoisotopic (exact) mass is 189 g/mol. The van der Waals surface area contributed by atoms with Crippen LogP contribution in [0.3, 0.4) is 0 Å². The minimum absolute atomic E-state index is 0.515. The summed E-state index contributed by atoms with van der Waals surface area (Å²) in [6.45, 7) is 3.71. The summed E-state index contributed by atoms with van der Waals surface area (Å²) in [6.07, 6.45) is 5.22. The summed E-state index contributed by atoms with van der Waals surface area (Å²) in [4.78, 5) is 12.3. The van der Waals surface area contributed by atoms with E-state index in [1.165, 1.54) is 0 Å². The number of nitrogens with two attached hydrogens (primary N) is 1. The van der Waals surface area contributed by atoms with Gasteiger partial charge >= 0.3 is 0 Å². The number of rotatable bonds is 1. The Morgan fingerprint density at radius 2 is 2.07 bits per heavy atom. The van der Waals surface area contributed by atoms with Gasteiger partial charge in [0, 0.05) is 18.0 Å². The number of aryl methyl sites for hydroxylation is 1. The molecule has 0 radical (unpaired) electrons. The van der Waals surface area contributed by atoms with Crippen LogP contribution in [0, 0.1) is 13.8 Å². The van der Waals surface area contributed by atoms with E-state index >= 15 is 0 Å². The number of anilines is 1. The quantitative estimate of drug-likeness (QED) is 0.722. The van der Waals surface area contributed by atoms with E-state index in [1.807, 2.05) is 24.6 Å². The number of nitrogens with zero attached hydrogens (tertiary/aromatic N) is 4. The zero-order valence-corrected chi connectivity index (χ0v) is 8.10. The van der Waals surface area contributed by atoms with E-state index in [0.29, 0.717) is 11.6 Å². The molecule has 2 N–H and O–H groups in total. The molecule has 0 aliphatic carbocycles. The topological polar surface area (TPSA) is 69.6 Å². The second-order valence-corrected chi connectivity index (χ2v) is 3.07. The lowest BCUT2D eigenvalue weighted by Gasteiger charge is -2.07. The van der Waals surface area contributed by atoms with Gasteiger partial charge in [-0.1, -0.05) is 0 Å². The van der Waals surface area contributed by atoms with E-state index in [4.69, 9.17) is 5.73 Å². The fourth-order valence-electron chi connectivity index (χ4n) is 1.27. The van der Waals surface area contributed by atoms with Crippen LogP contribution in [0.1, 0.15) is 11.4 Å². The van der Waals surface area contributed by atoms with Crippen molar-refractivity contribution in [3.8, 4) is 5.82 Å². The molecule has 72 valence electrons. The predicted molar refractivity (Wildman–Crippen MR) is 53.0 cm³/mol. The zero-order valence-electron chi connectivity index (χ0n) is 8.10. The van der Waals surface area contributed by atoms with Gasteiger partial charge in [0.2, 0.25) is 0 Å². The molecule has 0 fully saturated rings. The van der Waals surface area contributed by atoms with E-state index in [9.17, 15) is 0 Å². The molecular weight excluding hydrogens is 178 g/mol. The molecule has 2 rings (SSSR count). The van der Waals surface area contributed by atoms with Crippen molar-refractivity contribution in [1.82, 2.24) is 19.5 Å². The minimum Gasteiger partial charge on any atom is -0.383 e. The van der Waals surface area contributed by atoms with Crippen LogP contribution in [0.2, 0.25) is 0 Å². The van der Waals surface area contributed by atoms with Crippen molar-refractivity contribution in [1.29, 1.82) is 0 Å². The van der Waals surface area contributed by atoms with Crippen molar-refractivity contribution in [3.63, 3.8) is 0 Å². The predicted octanol–water partition coefficient (Wildman–Crippen LogP) is 0.861. The van der Waals surface area contributed by atoms with Gasteiger partial charge in [-0.3, -0.25) is 4.57 Å². The molecule has 0 bridgehead atoms. The molecule has 0 unspecified atom stereocenters. The summed E-state index contributed by atoms with van der Waals surface area (Å²) in [7, 11) is 0. The Morgan fingerprint density at radius 3 is 2.71 bits per heavy atom. The lowest BCUT2D eigenvalue weighted by molar-refractivity contribution is 0.923. The number of hydrogen-bond donors (Lipinski definition) is 1. The Morgan fingerprint density at radius 1 is 1.29 bits per heavy atom. The molecule has 0 aliphatic rings. The zero-order chi connectivity index (χ0) is 10.1. The number of nitrogen functional groups attached to an aromatic ring is 1. The molecule has 0 atom stereocenters. The summed E-state index contributed by atoms with van der Waals surface area (Å²) in [5.74, 6) is 1.96. The first kappa shape index (κ1) is 8.68. The van der Waals surface area contributed by atoms with Gasteiger partial charge in [0.1, 0.15) is 23.8 Å². The van der Waals surface area contributed by atoms with Crippen molar-refractivity contribution in [2.75, 3.05) is 5.73 Å². The Hall–Kier alpha value is -1.91. The van der Waals surface area contributed by atoms with E-state index in [1.54, 1.807) is 12.5 Å². The van der Waals surface area contributed by atoms with E-state index in [0.717, 1.165) is 11.4 Å². The number of hydrogen-bond acceptors (Lipinski definition) is 4. The van der Waals surface area contributed by atoms with Gasteiger partial charge in [-0.15, -0.1) is 0 Å². The van der Waals surface area contributed by atoms with Crippen LogP contribution in [0.25, 0.3) is 5.82 Å². The number of aromatic nitrogens is 4. The van der Waals surface area contributed by atoms with Gasteiger partial charge in [0.05, 0.1) is 0 Å². The molecule has 0 amide bonds. The van der Waals surface area contributed by atoms with Crippen molar-refractivity contribution < 1.29 is 0 Å². The van der Waals surface area contributed by atoms with Crippen LogP contribution in [0.15, 0.2) is 18.7 Å². The molecule has 5 nitrogen and oxygen atoms in total. The SMILES string of the molecule is Cc1nc(N)c(C)c(-n2ccnc2)n1. The molecule has 2 aromatic rings. The standard InChI is InChI=1S/C9H11N5/c1-6-8(10)12-7(2)13-9(6)14-4-3-11-5-14/h3-5H,1-2H3,(H2,10,12,13). The van der Waals surface area contributed by atoms with Crippen LogP contribution in [-0.4, -0.2) is 19.5 Å². The Kier molecular flexibility index (Phi) is 1.92. The smallest absolute Gasteiger partial charge is 0.146 e. The maximum atomic E-state index is 5.74. The fraction of sp³-hybridized carbons (Fsp3) is 0.222. The molecule has 0 aromatic carbocycles. The molecule has 2 heterocycles. The summed E-state index contributed by atoms with van der Waals surface area (Å²) in [5.41, 5.74) is 6.61. The maximum absolute atomic E-state index is 5.74. The maximum Gasteiger partial charge on any atom is 0.146 e. The molecule has 0 aliphatic heterocycles. The lowest BCUT2D eigenvalue weighted by Crippen LogP contribution is -2.06. The highest BCUT2D eigenvalue weighted by Crippen LogP contribution is 2.15. The van der Waals surface area contributed by atoms with Crippen molar-refractivity contribution in [2.24, 2.45) is 0 Å². The minimum atomic E-state index is 0.515. The first-order valence-electron chi connectivity index (χ1n) is 4.27. The van der Waals surface area contributed by atoms with Crippen molar-refractivity contribution in [2.45, 2.75) is 13.8 Å².